The molecular weight excluding hydrogens is 232 g/mol. The molecule has 0 amide bonds. The lowest BCUT2D eigenvalue weighted by atomic mass is 10.1. The van der Waals surface area contributed by atoms with E-state index in [1.54, 1.807) is 0 Å². The van der Waals surface area contributed by atoms with Gasteiger partial charge in [-0.1, -0.05) is 30.3 Å². The van der Waals surface area contributed by atoms with Gasteiger partial charge in [0.1, 0.15) is 5.82 Å². The van der Waals surface area contributed by atoms with Crippen LogP contribution in [-0.4, -0.2) is 4.98 Å². The molecule has 0 aliphatic heterocycles. The van der Waals surface area contributed by atoms with Gasteiger partial charge in [-0.15, -0.1) is 0 Å². The Hall–Kier alpha value is -2.35. The predicted octanol–water partition coefficient (Wildman–Crippen LogP) is 4.60. The maximum absolute atomic E-state index is 4.44. The molecule has 0 aliphatic carbocycles. The molecule has 0 aliphatic rings. The molecule has 0 saturated carbocycles. The zero-order chi connectivity index (χ0) is 13.2. The highest BCUT2D eigenvalue weighted by Gasteiger charge is 2.02. The summed E-state index contributed by atoms with van der Waals surface area (Å²) in [6, 6.07) is 16.7. The van der Waals surface area contributed by atoms with Gasteiger partial charge in [0.2, 0.25) is 0 Å². The zero-order valence-corrected chi connectivity index (χ0v) is 11.1. The Morgan fingerprint density at radius 2 is 1.74 bits per heavy atom. The van der Waals surface area contributed by atoms with Crippen LogP contribution in [0.3, 0.4) is 0 Å². The van der Waals surface area contributed by atoms with Crippen molar-refractivity contribution in [3.05, 3.63) is 65.9 Å². The average Bonchev–Trinajstić information content (AvgIpc) is 2.43. The van der Waals surface area contributed by atoms with Crippen LogP contribution in [0.25, 0.3) is 10.8 Å². The molecular formula is C17H16N2. The molecule has 0 unspecified atom stereocenters. The van der Waals surface area contributed by atoms with Crippen molar-refractivity contribution in [2.24, 2.45) is 0 Å². The second-order valence-corrected chi connectivity index (χ2v) is 4.80. The smallest absolute Gasteiger partial charge is 0.138 e. The van der Waals surface area contributed by atoms with Crippen molar-refractivity contribution in [2.75, 3.05) is 5.32 Å². The molecule has 2 aromatic carbocycles. The molecule has 2 nitrogen and oxygen atoms in total. The normalized spacial score (nSPS) is 10.6. The summed E-state index contributed by atoms with van der Waals surface area (Å²) in [6.45, 7) is 4.24. The van der Waals surface area contributed by atoms with Gasteiger partial charge in [0.15, 0.2) is 0 Å². The van der Waals surface area contributed by atoms with Gasteiger partial charge in [-0.2, -0.15) is 0 Å². The zero-order valence-electron chi connectivity index (χ0n) is 11.1. The van der Waals surface area contributed by atoms with E-state index >= 15 is 0 Å². The van der Waals surface area contributed by atoms with Crippen molar-refractivity contribution >= 4 is 22.3 Å². The van der Waals surface area contributed by atoms with E-state index in [2.05, 4.69) is 54.5 Å². The molecule has 0 atom stereocenters. The van der Waals surface area contributed by atoms with Gasteiger partial charge in [-0.05, 0) is 48.6 Å². The standard InChI is InChI=1S/C17H16N2/c1-12-7-8-15(11-13(12)2)19-17-16-6-4-3-5-14(16)9-10-18-17/h3-11H,1-2H3,(H,18,19). The van der Waals surface area contributed by atoms with E-state index in [0.717, 1.165) is 16.9 Å². The number of nitrogens with one attached hydrogen (secondary N) is 1. The number of hydrogen-bond acceptors (Lipinski definition) is 2. The number of nitrogens with zero attached hydrogens (tertiary/aromatic N) is 1. The van der Waals surface area contributed by atoms with E-state index in [0.29, 0.717) is 0 Å². The monoisotopic (exact) mass is 248 g/mol. The predicted molar refractivity (Wildman–Crippen MR) is 80.9 cm³/mol. The van der Waals surface area contributed by atoms with Gasteiger partial charge >= 0.3 is 0 Å². The quantitative estimate of drug-likeness (QED) is 0.717. The lowest BCUT2D eigenvalue weighted by Crippen LogP contribution is -1.95. The van der Waals surface area contributed by atoms with Crippen molar-refractivity contribution < 1.29 is 0 Å². The fraction of sp³-hybridized carbons (Fsp3) is 0.118. The number of pyridine rings is 1. The third-order valence-corrected chi connectivity index (χ3v) is 3.44. The van der Waals surface area contributed by atoms with Gasteiger partial charge in [-0.3, -0.25) is 0 Å². The molecule has 3 rings (SSSR count). The summed E-state index contributed by atoms with van der Waals surface area (Å²) >= 11 is 0. The molecule has 0 spiro atoms. The molecule has 1 aromatic heterocycles. The van der Waals surface area contributed by atoms with Crippen LogP contribution in [0.1, 0.15) is 11.1 Å². The number of aryl methyl sites for hydroxylation is 2. The Bertz CT molecular complexity index is 727. The van der Waals surface area contributed by atoms with E-state index in [-0.39, 0.29) is 0 Å². The molecule has 94 valence electrons. The van der Waals surface area contributed by atoms with Crippen molar-refractivity contribution in [3.63, 3.8) is 0 Å². The Kier molecular flexibility index (Phi) is 2.92. The molecule has 0 bridgehead atoms. The molecule has 0 fully saturated rings. The van der Waals surface area contributed by atoms with E-state index in [9.17, 15) is 0 Å². The van der Waals surface area contributed by atoms with Crippen molar-refractivity contribution in [2.45, 2.75) is 13.8 Å². The Morgan fingerprint density at radius 3 is 2.58 bits per heavy atom. The number of benzene rings is 2. The summed E-state index contributed by atoms with van der Waals surface area (Å²) < 4.78 is 0. The highest BCUT2D eigenvalue weighted by molar-refractivity contribution is 5.93. The van der Waals surface area contributed by atoms with Crippen LogP contribution < -0.4 is 5.32 Å². The molecule has 0 saturated heterocycles. The van der Waals surface area contributed by atoms with E-state index < -0.39 is 0 Å². The van der Waals surface area contributed by atoms with Crippen molar-refractivity contribution in [1.82, 2.24) is 4.98 Å². The number of aromatic nitrogens is 1. The lowest BCUT2D eigenvalue weighted by Gasteiger charge is -2.10. The number of hydrogen-bond donors (Lipinski definition) is 1. The van der Waals surface area contributed by atoms with Crippen LogP contribution in [0.4, 0.5) is 11.5 Å². The Balaban J connectivity index is 2.03. The van der Waals surface area contributed by atoms with E-state index in [4.69, 9.17) is 0 Å². The third-order valence-electron chi connectivity index (χ3n) is 3.44. The SMILES string of the molecule is Cc1ccc(Nc2nccc3ccccc23)cc1C. The molecule has 3 aromatic rings. The third kappa shape index (κ3) is 2.29. The maximum atomic E-state index is 4.44. The number of fused-ring (bicyclic) bond motifs is 1. The Labute approximate surface area is 113 Å². The second kappa shape index (κ2) is 4.73. The van der Waals surface area contributed by atoms with Crippen molar-refractivity contribution in [1.29, 1.82) is 0 Å². The number of rotatable bonds is 2. The summed E-state index contributed by atoms with van der Waals surface area (Å²) in [5.41, 5.74) is 3.66. The van der Waals surface area contributed by atoms with E-state index in [1.165, 1.54) is 16.5 Å². The first kappa shape index (κ1) is 11.7. The summed E-state index contributed by atoms with van der Waals surface area (Å²) in [6.07, 6.45) is 1.84. The minimum Gasteiger partial charge on any atom is -0.340 e. The topological polar surface area (TPSA) is 24.9 Å². The minimum atomic E-state index is 0.904. The summed E-state index contributed by atoms with van der Waals surface area (Å²) in [5.74, 6) is 0.904. The Morgan fingerprint density at radius 1 is 0.895 bits per heavy atom. The molecule has 0 radical (unpaired) electrons. The maximum Gasteiger partial charge on any atom is 0.138 e. The van der Waals surface area contributed by atoms with Crippen LogP contribution in [0.2, 0.25) is 0 Å². The van der Waals surface area contributed by atoms with Crippen LogP contribution in [0, 0.1) is 13.8 Å². The molecule has 1 heterocycles. The number of anilines is 2. The summed E-state index contributed by atoms with van der Waals surface area (Å²) in [7, 11) is 0. The van der Waals surface area contributed by atoms with Crippen LogP contribution in [-0.2, 0) is 0 Å². The lowest BCUT2D eigenvalue weighted by molar-refractivity contribution is 1.31. The van der Waals surface area contributed by atoms with Gasteiger partial charge < -0.3 is 5.32 Å². The van der Waals surface area contributed by atoms with Crippen LogP contribution in [0.5, 0.6) is 0 Å². The van der Waals surface area contributed by atoms with Gasteiger partial charge in [0, 0.05) is 17.3 Å². The largest absolute Gasteiger partial charge is 0.340 e. The fourth-order valence-electron chi connectivity index (χ4n) is 2.18. The van der Waals surface area contributed by atoms with Crippen LogP contribution in [0.15, 0.2) is 54.7 Å². The summed E-state index contributed by atoms with van der Waals surface area (Å²) in [5, 5.41) is 5.74. The minimum absolute atomic E-state index is 0.904. The van der Waals surface area contributed by atoms with Crippen molar-refractivity contribution in [3.8, 4) is 0 Å². The van der Waals surface area contributed by atoms with Crippen LogP contribution >= 0.6 is 0 Å². The fourth-order valence-corrected chi connectivity index (χ4v) is 2.18. The summed E-state index contributed by atoms with van der Waals surface area (Å²) in [4.78, 5) is 4.44. The molecule has 1 N–H and O–H groups in total. The van der Waals surface area contributed by atoms with Gasteiger partial charge in [0.25, 0.3) is 0 Å². The first-order valence-electron chi connectivity index (χ1n) is 6.42. The van der Waals surface area contributed by atoms with Gasteiger partial charge in [0.05, 0.1) is 0 Å². The molecule has 19 heavy (non-hydrogen) atoms. The van der Waals surface area contributed by atoms with E-state index in [1.807, 2.05) is 24.4 Å². The highest BCUT2D eigenvalue weighted by atomic mass is 15.0. The second-order valence-electron chi connectivity index (χ2n) is 4.80. The highest BCUT2D eigenvalue weighted by Crippen LogP contribution is 2.24. The first-order valence-corrected chi connectivity index (χ1v) is 6.42. The first-order chi connectivity index (χ1) is 9.24. The average molecular weight is 248 g/mol. The molecule has 2 heteroatoms. The van der Waals surface area contributed by atoms with Gasteiger partial charge in [-0.25, -0.2) is 4.98 Å².